The summed E-state index contributed by atoms with van der Waals surface area (Å²) in [4.78, 5) is 2.19. The number of likely N-dealkylation sites (N-methyl/N-ethyl adjacent to an activating group) is 1. The van der Waals surface area contributed by atoms with E-state index in [4.69, 9.17) is 0 Å². The molecular formula is C7H16ClNO. The van der Waals surface area contributed by atoms with E-state index in [1.807, 2.05) is 0 Å². The number of hydrogen-bond acceptors (Lipinski definition) is 2. The molecule has 3 heteroatoms. The van der Waals surface area contributed by atoms with E-state index >= 15 is 0 Å². The summed E-state index contributed by atoms with van der Waals surface area (Å²) in [5.41, 5.74) is 0. The molecule has 2 nitrogen and oxygen atoms in total. The lowest BCUT2D eigenvalue weighted by Crippen LogP contribution is -2.42. The minimum Gasteiger partial charge on any atom is -0.391 e. The first-order valence-corrected chi connectivity index (χ1v) is 3.44. The van der Waals surface area contributed by atoms with E-state index in [-0.39, 0.29) is 24.0 Å². The Bertz CT molecular complexity index is 104. The topological polar surface area (TPSA) is 23.5 Å². The molecule has 1 saturated heterocycles. The Morgan fingerprint density at radius 2 is 2.00 bits per heavy atom. The Hall–Kier alpha value is 0.210. The quantitative estimate of drug-likeness (QED) is 0.576. The van der Waals surface area contributed by atoms with E-state index in [1.54, 1.807) is 0 Å². The molecule has 1 aliphatic heterocycles. The zero-order valence-electron chi connectivity index (χ0n) is 6.79. The Kier molecular flexibility index (Phi) is 3.14. The van der Waals surface area contributed by atoms with Gasteiger partial charge >= 0.3 is 0 Å². The molecule has 1 atom stereocenters. The second kappa shape index (κ2) is 3.07. The van der Waals surface area contributed by atoms with Crippen LogP contribution < -0.4 is 0 Å². The van der Waals surface area contributed by atoms with Gasteiger partial charge in [0.15, 0.2) is 0 Å². The van der Waals surface area contributed by atoms with Crippen LogP contribution >= 0.6 is 12.4 Å². The van der Waals surface area contributed by atoms with E-state index in [9.17, 15) is 5.11 Å². The third-order valence-electron chi connectivity index (χ3n) is 2.54. The largest absolute Gasteiger partial charge is 0.391 e. The summed E-state index contributed by atoms with van der Waals surface area (Å²) in [5, 5.41) is 9.39. The second-order valence-corrected chi connectivity index (χ2v) is 3.38. The highest BCUT2D eigenvalue weighted by atomic mass is 35.5. The molecule has 0 radical (unpaired) electrons. The van der Waals surface area contributed by atoms with E-state index < -0.39 is 0 Å². The van der Waals surface area contributed by atoms with Gasteiger partial charge < -0.3 is 5.11 Å². The van der Waals surface area contributed by atoms with Crippen LogP contribution in [0.4, 0.5) is 0 Å². The van der Waals surface area contributed by atoms with Crippen molar-refractivity contribution < 1.29 is 5.11 Å². The van der Waals surface area contributed by atoms with Crippen molar-refractivity contribution in [1.82, 2.24) is 4.90 Å². The molecule has 1 heterocycles. The maximum atomic E-state index is 9.39. The highest BCUT2D eigenvalue weighted by molar-refractivity contribution is 5.85. The summed E-state index contributed by atoms with van der Waals surface area (Å²) in [6.07, 6.45) is 0.784. The van der Waals surface area contributed by atoms with Crippen molar-refractivity contribution in [2.75, 3.05) is 13.6 Å². The van der Waals surface area contributed by atoms with Crippen LogP contribution in [-0.2, 0) is 0 Å². The third-order valence-corrected chi connectivity index (χ3v) is 2.54. The minimum absolute atomic E-state index is 0. The van der Waals surface area contributed by atoms with Gasteiger partial charge in [0.2, 0.25) is 0 Å². The number of likely N-dealkylation sites (tertiary alicyclic amines) is 1. The van der Waals surface area contributed by atoms with Crippen LogP contribution in [0.15, 0.2) is 0 Å². The van der Waals surface area contributed by atoms with Crippen molar-refractivity contribution in [3.8, 4) is 0 Å². The van der Waals surface area contributed by atoms with Crippen LogP contribution in [0.1, 0.15) is 20.3 Å². The van der Waals surface area contributed by atoms with E-state index in [1.165, 1.54) is 0 Å². The summed E-state index contributed by atoms with van der Waals surface area (Å²) in [5.74, 6) is 0. The summed E-state index contributed by atoms with van der Waals surface area (Å²) in [6, 6.07) is 0. The van der Waals surface area contributed by atoms with E-state index in [2.05, 4.69) is 25.8 Å². The summed E-state index contributed by atoms with van der Waals surface area (Å²) < 4.78 is 0. The maximum absolute atomic E-state index is 9.39. The highest BCUT2D eigenvalue weighted by Gasteiger charge is 2.37. The van der Waals surface area contributed by atoms with Gasteiger partial charge in [0.05, 0.1) is 6.10 Å². The van der Waals surface area contributed by atoms with Crippen LogP contribution in [0.2, 0.25) is 0 Å². The van der Waals surface area contributed by atoms with E-state index in [0.717, 1.165) is 13.0 Å². The van der Waals surface area contributed by atoms with Crippen molar-refractivity contribution in [2.24, 2.45) is 0 Å². The molecule has 0 spiro atoms. The molecule has 1 rings (SSSR count). The van der Waals surface area contributed by atoms with Crippen LogP contribution in [0, 0.1) is 0 Å². The molecule has 0 bridgehead atoms. The number of hydrogen-bond donors (Lipinski definition) is 1. The smallest absolute Gasteiger partial charge is 0.0730 e. The fourth-order valence-corrected chi connectivity index (χ4v) is 1.21. The number of aliphatic hydroxyl groups excluding tert-OH is 1. The lowest BCUT2D eigenvalue weighted by Gasteiger charge is -2.30. The van der Waals surface area contributed by atoms with Crippen LogP contribution in [0.5, 0.6) is 0 Å². The molecule has 62 valence electrons. The molecule has 1 aliphatic rings. The van der Waals surface area contributed by atoms with Gasteiger partial charge in [-0.2, -0.15) is 0 Å². The Labute approximate surface area is 68.6 Å². The average Bonchev–Trinajstić information content (AvgIpc) is 1.96. The molecule has 10 heavy (non-hydrogen) atoms. The molecular weight excluding hydrogens is 150 g/mol. The van der Waals surface area contributed by atoms with Crippen LogP contribution in [0.3, 0.4) is 0 Å². The van der Waals surface area contributed by atoms with Gasteiger partial charge in [-0.25, -0.2) is 0 Å². The summed E-state index contributed by atoms with van der Waals surface area (Å²) in [6.45, 7) is 5.17. The summed E-state index contributed by atoms with van der Waals surface area (Å²) >= 11 is 0. The molecule has 0 saturated carbocycles. The van der Waals surface area contributed by atoms with E-state index in [0.29, 0.717) is 0 Å². The second-order valence-electron chi connectivity index (χ2n) is 3.38. The average molecular weight is 166 g/mol. The van der Waals surface area contributed by atoms with Gasteiger partial charge in [0.25, 0.3) is 0 Å². The van der Waals surface area contributed by atoms with Gasteiger partial charge in [-0.05, 0) is 27.3 Å². The molecule has 1 unspecified atom stereocenters. The fourth-order valence-electron chi connectivity index (χ4n) is 1.21. The standard InChI is InChI=1S/C7H15NO.ClH/c1-7(2)6(9)4-5-8(7)3;/h6,9H,4-5H2,1-3H3;1H. The predicted molar refractivity (Wildman–Crippen MR) is 44.6 cm³/mol. The van der Waals surface area contributed by atoms with Gasteiger partial charge in [0.1, 0.15) is 0 Å². The molecule has 1 fully saturated rings. The molecule has 0 aromatic heterocycles. The molecule has 0 aliphatic carbocycles. The first kappa shape index (κ1) is 10.2. The highest BCUT2D eigenvalue weighted by Crippen LogP contribution is 2.26. The Morgan fingerprint density at radius 1 is 1.50 bits per heavy atom. The summed E-state index contributed by atoms with van der Waals surface area (Å²) in [7, 11) is 2.05. The molecule has 0 amide bonds. The van der Waals surface area contributed by atoms with Crippen molar-refractivity contribution in [3.63, 3.8) is 0 Å². The molecule has 0 aromatic carbocycles. The number of rotatable bonds is 0. The Balaban J connectivity index is 0.000000810. The SMILES string of the molecule is CN1CCC(O)C1(C)C.Cl. The van der Waals surface area contributed by atoms with Gasteiger partial charge in [-0.3, -0.25) is 4.90 Å². The molecule has 0 aromatic rings. The first-order chi connectivity index (χ1) is 4.05. The first-order valence-electron chi connectivity index (χ1n) is 3.44. The fraction of sp³-hybridized carbons (Fsp3) is 1.00. The zero-order chi connectivity index (χ0) is 7.07. The normalized spacial score (nSPS) is 31.8. The van der Waals surface area contributed by atoms with Gasteiger partial charge in [0, 0.05) is 12.1 Å². The van der Waals surface area contributed by atoms with Crippen molar-refractivity contribution in [2.45, 2.75) is 31.9 Å². The third kappa shape index (κ3) is 1.44. The number of halogens is 1. The molecule has 1 N–H and O–H groups in total. The number of nitrogens with zero attached hydrogens (tertiary/aromatic N) is 1. The minimum atomic E-state index is -0.137. The Morgan fingerprint density at radius 3 is 2.10 bits per heavy atom. The van der Waals surface area contributed by atoms with Crippen LogP contribution in [-0.4, -0.2) is 35.2 Å². The van der Waals surface area contributed by atoms with Gasteiger partial charge in [-0.1, -0.05) is 0 Å². The lowest BCUT2D eigenvalue weighted by molar-refractivity contribution is 0.0682. The van der Waals surface area contributed by atoms with Crippen molar-refractivity contribution in [1.29, 1.82) is 0 Å². The van der Waals surface area contributed by atoms with Gasteiger partial charge in [-0.15, -0.1) is 12.4 Å². The number of aliphatic hydroxyl groups is 1. The van der Waals surface area contributed by atoms with Crippen molar-refractivity contribution >= 4 is 12.4 Å². The predicted octanol–water partition coefficient (Wildman–Crippen LogP) is 0.883. The van der Waals surface area contributed by atoms with Crippen LogP contribution in [0.25, 0.3) is 0 Å². The zero-order valence-corrected chi connectivity index (χ0v) is 7.61. The monoisotopic (exact) mass is 165 g/mol. The van der Waals surface area contributed by atoms with Crippen molar-refractivity contribution in [3.05, 3.63) is 0 Å². The lowest BCUT2D eigenvalue weighted by atomic mass is 9.99. The maximum Gasteiger partial charge on any atom is 0.0730 e.